The molecule has 0 spiro atoms. The minimum atomic E-state index is -0.472. The molecular weight excluding hydrogens is 390 g/mol. The summed E-state index contributed by atoms with van der Waals surface area (Å²) < 4.78 is 5.78. The summed E-state index contributed by atoms with van der Waals surface area (Å²) in [5.41, 5.74) is 6.33. The summed E-state index contributed by atoms with van der Waals surface area (Å²) in [4.78, 5) is 25.9. The summed E-state index contributed by atoms with van der Waals surface area (Å²) in [6.07, 6.45) is 4.49. The van der Waals surface area contributed by atoms with Crippen molar-refractivity contribution < 1.29 is 14.3 Å². The lowest BCUT2D eigenvalue weighted by Gasteiger charge is -2.35. The highest BCUT2D eigenvalue weighted by molar-refractivity contribution is 5.94. The molecule has 2 heterocycles. The van der Waals surface area contributed by atoms with E-state index < -0.39 is 5.91 Å². The van der Waals surface area contributed by atoms with Gasteiger partial charge in [-0.3, -0.25) is 9.59 Å². The molecule has 2 amide bonds. The quantitative estimate of drug-likeness (QED) is 0.784. The second-order valence-corrected chi connectivity index (χ2v) is 7.69. The van der Waals surface area contributed by atoms with Gasteiger partial charge in [0.25, 0.3) is 5.91 Å². The number of ether oxygens (including phenoxy) is 1. The Labute approximate surface area is 176 Å². The highest BCUT2D eigenvalue weighted by Crippen LogP contribution is 2.30. The molecular formula is C22H26ClN3O3. The van der Waals surface area contributed by atoms with Gasteiger partial charge in [0.2, 0.25) is 5.91 Å². The van der Waals surface area contributed by atoms with E-state index in [2.05, 4.69) is 5.32 Å². The molecule has 2 saturated heterocycles. The average Bonchev–Trinajstić information content (AvgIpc) is 3.05. The molecule has 0 saturated carbocycles. The Morgan fingerprint density at radius 1 is 0.931 bits per heavy atom. The highest BCUT2D eigenvalue weighted by atomic mass is 35.5. The van der Waals surface area contributed by atoms with Crippen molar-refractivity contribution in [1.82, 2.24) is 10.2 Å². The smallest absolute Gasteiger partial charge is 0.253 e. The predicted octanol–water partition coefficient (Wildman–Crippen LogP) is 3.35. The number of hydrogen-bond donors (Lipinski definition) is 2. The number of halogens is 1. The first-order valence-electron chi connectivity index (χ1n) is 9.70. The Morgan fingerprint density at radius 3 is 1.90 bits per heavy atom. The largest absolute Gasteiger partial charge is 0.457 e. The molecule has 29 heavy (non-hydrogen) atoms. The second kappa shape index (κ2) is 8.84. The maximum atomic E-state index is 12.9. The number of benzene rings is 2. The number of rotatable bonds is 5. The van der Waals surface area contributed by atoms with Crippen LogP contribution in [0.3, 0.4) is 0 Å². The molecule has 6 nitrogen and oxygen atoms in total. The number of fused-ring (bicyclic) bond motifs is 2. The molecule has 0 aliphatic carbocycles. The van der Waals surface area contributed by atoms with Crippen molar-refractivity contribution in [2.75, 3.05) is 7.05 Å². The van der Waals surface area contributed by atoms with E-state index in [1.165, 1.54) is 12.8 Å². The summed E-state index contributed by atoms with van der Waals surface area (Å²) >= 11 is 0. The van der Waals surface area contributed by atoms with E-state index in [0.717, 1.165) is 12.8 Å². The average molecular weight is 416 g/mol. The normalized spacial score (nSPS) is 22.4. The van der Waals surface area contributed by atoms with E-state index in [9.17, 15) is 9.59 Å². The van der Waals surface area contributed by atoms with Crippen LogP contribution in [0.5, 0.6) is 11.5 Å². The van der Waals surface area contributed by atoms with Crippen LogP contribution in [0.4, 0.5) is 0 Å². The van der Waals surface area contributed by atoms with Gasteiger partial charge in [-0.25, -0.2) is 0 Å². The van der Waals surface area contributed by atoms with Crippen LogP contribution in [0.15, 0.2) is 48.5 Å². The van der Waals surface area contributed by atoms with Crippen LogP contribution in [0.2, 0.25) is 0 Å². The Morgan fingerprint density at radius 2 is 1.41 bits per heavy atom. The zero-order chi connectivity index (χ0) is 19.7. The van der Waals surface area contributed by atoms with Gasteiger partial charge >= 0.3 is 0 Å². The monoisotopic (exact) mass is 415 g/mol. The van der Waals surface area contributed by atoms with Crippen molar-refractivity contribution >= 4 is 24.2 Å². The first-order chi connectivity index (χ1) is 13.5. The number of nitrogens with two attached hydrogens (primary N) is 1. The lowest BCUT2D eigenvalue weighted by Crippen LogP contribution is -2.48. The highest BCUT2D eigenvalue weighted by Gasteiger charge is 2.36. The second-order valence-electron chi connectivity index (χ2n) is 7.69. The molecule has 2 bridgehead atoms. The number of nitrogens with zero attached hydrogens (tertiary/aromatic N) is 1. The van der Waals surface area contributed by atoms with Crippen LogP contribution < -0.4 is 15.8 Å². The maximum absolute atomic E-state index is 12.9. The Hall–Kier alpha value is -2.57. The van der Waals surface area contributed by atoms with E-state index in [0.29, 0.717) is 40.8 Å². The molecule has 2 atom stereocenters. The van der Waals surface area contributed by atoms with Crippen LogP contribution >= 0.6 is 12.4 Å². The first-order valence-corrected chi connectivity index (χ1v) is 9.70. The molecule has 2 aliphatic heterocycles. The van der Waals surface area contributed by atoms with E-state index in [-0.39, 0.29) is 18.3 Å². The summed E-state index contributed by atoms with van der Waals surface area (Å²) in [6, 6.07) is 15.2. The van der Waals surface area contributed by atoms with Gasteiger partial charge < -0.3 is 20.7 Å². The van der Waals surface area contributed by atoms with Crippen LogP contribution in [0.1, 0.15) is 46.4 Å². The molecule has 2 unspecified atom stereocenters. The number of hydrogen-bond acceptors (Lipinski definition) is 4. The van der Waals surface area contributed by atoms with Gasteiger partial charge in [-0.05, 0) is 74.2 Å². The van der Waals surface area contributed by atoms with E-state index in [1.807, 2.05) is 11.9 Å². The number of primary amides is 1. The van der Waals surface area contributed by atoms with Crippen LogP contribution in [0, 0.1) is 0 Å². The number of nitrogens with one attached hydrogen (secondary N) is 1. The van der Waals surface area contributed by atoms with E-state index in [1.54, 1.807) is 48.5 Å². The zero-order valence-corrected chi connectivity index (χ0v) is 17.2. The Balaban J connectivity index is 0.00000240. The summed E-state index contributed by atoms with van der Waals surface area (Å²) in [7, 11) is 1.91. The Kier molecular flexibility index (Phi) is 6.45. The lowest BCUT2D eigenvalue weighted by molar-refractivity contribution is 0.0681. The number of carbonyl (C=O) groups excluding carboxylic acids is 2. The van der Waals surface area contributed by atoms with Gasteiger partial charge in [0.05, 0.1) is 0 Å². The fourth-order valence-electron chi connectivity index (χ4n) is 4.20. The fourth-order valence-corrected chi connectivity index (χ4v) is 4.20. The third kappa shape index (κ3) is 4.71. The van der Waals surface area contributed by atoms with Gasteiger partial charge in [0, 0.05) is 36.3 Å². The number of amides is 2. The molecule has 4 rings (SSSR count). The molecule has 154 valence electrons. The van der Waals surface area contributed by atoms with Gasteiger partial charge in [-0.15, -0.1) is 12.4 Å². The van der Waals surface area contributed by atoms with Crippen molar-refractivity contribution in [1.29, 1.82) is 0 Å². The van der Waals surface area contributed by atoms with Crippen LogP contribution in [-0.4, -0.2) is 41.9 Å². The van der Waals surface area contributed by atoms with Crippen molar-refractivity contribution in [3.8, 4) is 11.5 Å². The molecule has 2 aromatic rings. The summed E-state index contributed by atoms with van der Waals surface area (Å²) in [5.74, 6) is 0.807. The minimum absolute atomic E-state index is 0. The van der Waals surface area contributed by atoms with Gasteiger partial charge in [0.15, 0.2) is 0 Å². The first kappa shape index (κ1) is 21.1. The summed E-state index contributed by atoms with van der Waals surface area (Å²) in [6.45, 7) is 0. The minimum Gasteiger partial charge on any atom is -0.457 e. The van der Waals surface area contributed by atoms with E-state index in [4.69, 9.17) is 10.5 Å². The molecule has 3 N–H and O–H groups in total. The Bertz CT molecular complexity index is 858. The molecule has 2 aromatic carbocycles. The van der Waals surface area contributed by atoms with Gasteiger partial charge in [0.1, 0.15) is 11.5 Å². The van der Waals surface area contributed by atoms with Crippen molar-refractivity contribution in [3.63, 3.8) is 0 Å². The number of piperidine rings is 1. The SMILES string of the molecule is CN(C(=O)c1ccc(Oc2ccc(C(N)=O)cc2)cc1)C1CC2CCC(C1)N2.Cl. The van der Waals surface area contributed by atoms with Crippen molar-refractivity contribution in [2.45, 2.75) is 43.8 Å². The lowest BCUT2D eigenvalue weighted by atomic mass is 9.98. The zero-order valence-electron chi connectivity index (χ0n) is 16.3. The molecule has 7 heteroatoms. The predicted molar refractivity (Wildman–Crippen MR) is 114 cm³/mol. The molecule has 2 fully saturated rings. The summed E-state index contributed by atoms with van der Waals surface area (Å²) in [5, 5.41) is 3.61. The fraction of sp³-hybridized carbons (Fsp3) is 0.364. The van der Waals surface area contributed by atoms with Crippen LogP contribution in [-0.2, 0) is 0 Å². The molecule has 2 aliphatic rings. The van der Waals surface area contributed by atoms with Crippen LogP contribution in [0.25, 0.3) is 0 Å². The van der Waals surface area contributed by atoms with Crippen molar-refractivity contribution in [3.05, 3.63) is 59.7 Å². The standard InChI is InChI=1S/C22H25N3O3.ClH/c1-25(18-12-16-6-7-17(13-18)24-16)22(27)15-4-10-20(11-5-15)28-19-8-2-14(3-9-19)21(23)26;/h2-5,8-11,16-18,24H,6-7,12-13H2,1H3,(H2,23,26);1H. The van der Waals surface area contributed by atoms with Crippen molar-refractivity contribution in [2.24, 2.45) is 5.73 Å². The number of carbonyl (C=O) groups is 2. The maximum Gasteiger partial charge on any atom is 0.253 e. The third-order valence-corrected chi connectivity index (χ3v) is 5.79. The van der Waals surface area contributed by atoms with Gasteiger partial charge in [-0.1, -0.05) is 0 Å². The molecule has 0 aromatic heterocycles. The van der Waals surface area contributed by atoms with Gasteiger partial charge in [-0.2, -0.15) is 0 Å². The third-order valence-electron chi connectivity index (χ3n) is 5.79. The van der Waals surface area contributed by atoms with E-state index >= 15 is 0 Å². The topological polar surface area (TPSA) is 84.7 Å². The molecule has 0 radical (unpaired) electrons.